The Hall–Kier alpha value is -1.32. The summed E-state index contributed by atoms with van der Waals surface area (Å²) in [4.78, 5) is 41.7. The first-order valence-corrected chi connectivity index (χ1v) is 2.73. The van der Waals surface area contributed by atoms with Crippen LogP contribution >= 0.6 is 0 Å². The fourth-order valence-corrected chi connectivity index (χ4v) is 0.686. The quantitative estimate of drug-likeness (QED) is 0.321. The molecular weight excluding hydrogens is 136 g/mol. The Morgan fingerprint density at radius 1 is 0.600 bits per heavy atom. The van der Waals surface area contributed by atoms with Crippen molar-refractivity contribution in [1.82, 2.24) is 0 Å². The zero-order valence-corrected chi connectivity index (χ0v) is 5.05. The smallest absolute Gasteiger partial charge is 0.206 e. The topological polar surface area (TPSA) is 68.3 Å². The minimum Gasteiger partial charge on any atom is -0.290 e. The molecule has 4 heteroatoms. The summed E-state index contributed by atoms with van der Waals surface area (Å²) >= 11 is 0. The van der Waals surface area contributed by atoms with Crippen molar-refractivity contribution >= 4 is 23.1 Å². The van der Waals surface area contributed by atoms with Gasteiger partial charge in [-0.3, -0.25) is 19.2 Å². The first-order chi connectivity index (χ1) is 4.61. The van der Waals surface area contributed by atoms with Crippen LogP contribution < -0.4 is 0 Å². The molecule has 0 atom stereocenters. The van der Waals surface area contributed by atoms with Gasteiger partial charge >= 0.3 is 0 Å². The van der Waals surface area contributed by atoms with E-state index in [-0.39, 0.29) is 0 Å². The van der Waals surface area contributed by atoms with E-state index in [1.165, 1.54) is 0 Å². The lowest BCUT2D eigenvalue weighted by atomic mass is 9.96. The maximum Gasteiger partial charge on any atom is 0.206 e. The molecule has 1 saturated carbocycles. The van der Waals surface area contributed by atoms with Crippen LogP contribution in [-0.2, 0) is 19.2 Å². The normalized spacial score (nSPS) is 20.0. The Morgan fingerprint density at radius 2 is 0.800 bits per heavy atom. The van der Waals surface area contributed by atoms with Crippen LogP contribution in [0, 0.1) is 0 Å². The highest BCUT2D eigenvalue weighted by atomic mass is 16.2. The molecule has 0 unspecified atom stereocenters. The van der Waals surface area contributed by atoms with E-state index in [4.69, 9.17) is 0 Å². The predicted molar refractivity (Wildman–Crippen MR) is 29.3 cm³/mol. The summed E-state index contributed by atoms with van der Waals surface area (Å²) in [5, 5.41) is 0. The van der Waals surface area contributed by atoms with Gasteiger partial charge < -0.3 is 0 Å². The first-order valence-electron chi connectivity index (χ1n) is 2.73. The number of rotatable bonds is 0. The summed E-state index contributed by atoms with van der Waals surface area (Å²) < 4.78 is 0. The highest BCUT2D eigenvalue weighted by Crippen LogP contribution is 2.02. The second kappa shape index (κ2) is 2.13. The van der Waals surface area contributed by atoms with Crippen LogP contribution in [0.1, 0.15) is 12.8 Å². The van der Waals surface area contributed by atoms with Crippen molar-refractivity contribution in [3.05, 3.63) is 0 Å². The summed E-state index contributed by atoms with van der Waals surface area (Å²) in [6.45, 7) is 0. The van der Waals surface area contributed by atoms with E-state index in [0.29, 0.717) is 0 Å². The number of carbonyl (C=O) groups is 4. The molecule has 0 saturated heterocycles. The lowest BCUT2D eigenvalue weighted by Crippen LogP contribution is -2.32. The van der Waals surface area contributed by atoms with Crippen LogP contribution in [0.2, 0.25) is 0 Å². The average Bonchev–Trinajstić information content (AvgIpc) is 1.84. The highest BCUT2D eigenvalue weighted by Gasteiger charge is 2.31. The van der Waals surface area contributed by atoms with Crippen LogP contribution in [0.3, 0.4) is 0 Å². The lowest BCUT2D eigenvalue weighted by molar-refractivity contribution is -0.148. The van der Waals surface area contributed by atoms with Gasteiger partial charge in [0.25, 0.3) is 0 Å². The van der Waals surface area contributed by atoms with Gasteiger partial charge in [-0.15, -0.1) is 0 Å². The van der Waals surface area contributed by atoms with Crippen LogP contribution in [-0.4, -0.2) is 23.1 Å². The van der Waals surface area contributed by atoms with Crippen molar-refractivity contribution in [1.29, 1.82) is 0 Å². The summed E-state index contributed by atoms with van der Waals surface area (Å²) in [7, 11) is 0. The fourth-order valence-electron chi connectivity index (χ4n) is 0.686. The Morgan fingerprint density at radius 3 is 1.00 bits per heavy atom. The van der Waals surface area contributed by atoms with Crippen LogP contribution in [0.25, 0.3) is 0 Å². The SMILES string of the molecule is O=C1CC(=O)C(=O)CC1=O. The van der Waals surface area contributed by atoms with Crippen molar-refractivity contribution < 1.29 is 19.2 Å². The van der Waals surface area contributed by atoms with Crippen molar-refractivity contribution in [2.45, 2.75) is 12.8 Å². The molecule has 0 bridgehead atoms. The zero-order chi connectivity index (χ0) is 7.72. The van der Waals surface area contributed by atoms with Crippen LogP contribution in [0.15, 0.2) is 0 Å². The third-order valence-electron chi connectivity index (χ3n) is 1.26. The average molecular weight is 140 g/mol. The van der Waals surface area contributed by atoms with Crippen molar-refractivity contribution in [3.8, 4) is 0 Å². The second-order valence-electron chi connectivity index (χ2n) is 2.05. The van der Waals surface area contributed by atoms with Gasteiger partial charge in [0.15, 0.2) is 0 Å². The van der Waals surface area contributed by atoms with Crippen LogP contribution in [0.4, 0.5) is 0 Å². The molecule has 0 spiro atoms. The van der Waals surface area contributed by atoms with Gasteiger partial charge in [-0.1, -0.05) is 0 Å². The largest absolute Gasteiger partial charge is 0.290 e. The van der Waals surface area contributed by atoms with E-state index >= 15 is 0 Å². The first kappa shape index (κ1) is 6.80. The van der Waals surface area contributed by atoms with E-state index in [9.17, 15) is 19.2 Å². The van der Waals surface area contributed by atoms with E-state index in [1.54, 1.807) is 0 Å². The molecule has 0 aromatic heterocycles. The molecule has 1 aliphatic carbocycles. The Labute approximate surface area is 56.2 Å². The van der Waals surface area contributed by atoms with Crippen LogP contribution in [0.5, 0.6) is 0 Å². The van der Waals surface area contributed by atoms with Gasteiger partial charge in [0, 0.05) is 0 Å². The van der Waals surface area contributed by atoms with Gasteiger partial charge in [-0.05, 0) is 0 Å². The molecule has 0 radical (unpaired) electrons. The van der Waals surface area contributed by atoms with E-state index < -0.39 is 36.0 Å². The fraction of sp³-hybridized carbons (Fsp3) is 0.333. The molecule has 1 fully saturated rings. The Bertz CT molecular complexity index is 188. The molecule has 0 amide bonds. The summed E-state index contributed by atoms with van der Waals surface area (Å²) in [6.07, 6.45) is -1.06. The third kappa shape index (κ3) is 1.00. The van der Waals surface area contributed by atoms with Crippen molar-refractivity contribution in [2.24, 2.45) is 0 Å². The van der Waals surface area contributed by atoms with E-state index in [2.05, 4.69) is 0 Å². The van der Waals surface area contributed by atoms with Gasteiger partial charge in [0.1, 0.15) is 0 Å². The maximum atomic E-state index is 10.4. The minimum atomic E-state index is -0.746. The van der Waals surface area contributed by atoms with E-state index in [0.717, 1.165) is 0 Å². The lowest BCUT2D eigenvalue weighted by Gasteiger charge is -2.03. The monoisotopic (exact) mass is 140 g/mol. The molecule has 10 heavy (non-hydrogen) atoms. The van der Waals surface area contributed by atoms with Gasteiger partial charge in [-0.2, -0.15) is 0 Å². The molecule has 0 aliphatic heterocycles. The minimum absolute atomic E-state index is 0.530. The highest BCUT2D eigenvalue weighted by molar-refractivity contribution is 6.58. The van der Waals surface area contributed by atoms with Gasteiger partial charge in [0.2, 0.25) is 23.1 Å². The zero-order valence-electron chi connectivity index (χ0n) is 5.05. The molecule has 0 aromatic carbocycles. The number of carbonyl (C=O) groups excluding carboxylic acids is 4. The molecule has 52 valence electrons. The molecule has 0 N–H and O–H groups in total. The number of hydrogen-bond donors (Lipinski definition) is 0. The Kier molecular flexibility index (Phi) is 1.45. The van der Waals surface area contributed by atoms with E-state index in [1.807, 2.05) is 0 Å². The number of hydrogen-bond acceptors (Lipinski definition) is 4. The van der Waals surface area contributed by atoms with Gasteiger partial charge in [-0.25, -0.2) is 0 Å². The molecule has 4 nitrogen and oxygen atoms in total. The molecule has 1 rings (SSSR count). The third-order valence-corrected chi connectivity index (χ3v) is 1.26. The van der Waals surface area contributed by atoms with Gasteiger partial charge in [0.05, 0.1) is 12.8 Å². The van der Waals surface area contributed by atoms with Crippen molar-refractivity contribution in [2.75, 3.05) is 0 Å². The maximum absolute atomic E-state index is 10.4. The Balaban J connectivity index is 2.82. The second-order valence-corrected chi connectivity index (χ2v) is 2.05. The number of ketones is 4. The molecule has 1 aliphatic rings. The summed E-state index contributed by atoms with van der Waals surface area (Å²) in [5.74, 6) is -2.98. The van der Waals surface area contributed by atoms with Crippen molar-refractivity contribution in [3.63, 3.8) is 0 Å². The summed E-state index contributed by atoms with van der Waals surface area (Å²) in [5.41, 5.74) is 0. The summed E-state index contributed by atoms with van der Waals surface area (Å²) in [6, 6.07) is 0. The number of Topliss-reactive ketones (excluding diaryl/α,β-unsaturated/α-hetero) is 4. The predicted octanol–water partition coefficient (Wildman–Crippen LogP) is -0.943. The molecule has 0 heterocycles. The molecular formula is C6H4O4. The molecule has 0 aromatic rings. The standard InChI is InChI=1S/C6H4O4/c7-3-1-4(8)6(10)2-5(3)9/h1-2H2.